The lowest BCUT2D eigenvalue weighted by Gasteiger charge is -2.12. The van der Waals surface area contributed by atoms with Crippen LogP contribution in [0, 0.1) is 18.6 Å². The van der Waals surface area contributed by atoms with Gasteiger partial charge in [0.2, 0.25) is 0 Å². The van der Waals surface area contributed by atoms with Crippen LogP contribution in [0.1, 0.15) is 35.6 Å². The lowest BCUT2D eigenvalue weighted by molar-refractivity contribution is 0.524. The molecule has 0 spiro atoms. The van der Waals surface area contributed by atoms with E-state index in [4.69, 9.17) is 12.2 Å². The van der Waals surface area contributed by atoms with E-state index in [1.807, 2.05) is 52.4 Å². The van der Waals surface area contributed by atoms with Crippen LogP contribution >= 0.6 is 12.2 Å². The van der Waals surface area contributed by atoms with Crippen LogP contribution in [0.5, 0.6) is 0 Å². The summed E-state index contributed by atoms with van der Waals surface area (Å²) in [4.78, 5) is 0. The number of hydrogen-bond acceptors (Lipinski definition) is 4. The Hall–Kier alpha value is -3.00. The van der Waals surface area contributed by atoms with E-state index >= 15 is 0 Å². The Kier molecular flexibility index (Phi) is 4.49. The fourth-order valence-corrected chi connectivity index (χ4v) is 3.29. The molecule has 4 aromatic rings. The van der Waals surface area contributed by atoms with Gasteiger partial charge >= 0.3 is 0 Å². The van der Waals surface area contributed by atoms with Gasteiger partial charge in [0.15, 0.2) is 10.6 Å². The van der Waals surface area contributed by atoms with Crippen LogP contribution in [0.4, 0.5) is 0 Å². The monoisotopic (exact) mass is 379 g/mol. The molecular formula is C19H21N7S. The first kappa shape index (κ1) is 17.4. The van der Waals surface area contributed by atoms with E-state index in [-0.39, 0.29) is 6.04 Å². The van der Waals surface area contributed by atoms with E-state index in [1.54, 1.807) is 0 Å². The molecule has 1 N–H and O–H groups in total. The maximum atomic E-state index is 5.46. The molecule has 0 aliphatic heterocycles. The first-order valence-electron chi connectivity index (χ1n) is 8.79. The van der Waals surface area contributed by atoms with E-state index in [0.717, 1.165) is 17.2 Å². The Morgan fingerprint density at radius 3 is 2.63 bits per heavy atom. The van der Waals surface area contributed by atoms with Gasteiger partial charge in [-0.05, 0) is 44.6 Å². The lowest BCUT2D eigenvalue weighted by Crippen LogP contribution is -2.13. The van der Waals surface area contributed by atoms with Crippen molar-refractivity contribution in [2.75, 3.05) is 0 Å². The van der Waals surface area contributed by atoms with Gasteiger partial charge in [0.1, 0.15) is 6.04 Å². The van der Waals surface area contributed by atoms with Gasteiger partial charge in [-0.3, -0.25) is 19.0 Å². The van der Waals surface area contributed by atoms with Gasteiger partial charge in [-0.15, -0.1) is 0 Å². The number of aromatic nitrogens is 7. The van der Waals surface area contributed by atoms with Gasteiger partial charge in [-0.2, -0.15) is 15.3 Å². The molecule has 0 bridgehead atoms. The molecule has 0 unspecified atom stereocenters. The van der Waals surface area contributed by atoms with E-state index in [9.17, 15) is 0 Å². The summed E-state index contributed by atoms with van der Waals surface area (Å²) in [7, 11) is 0. The van der Waals surface area contributed by atoms with E-state index < -0.39 is 0 Å². The maximum Gasteiger partial charge on any atom is 0.200 e. The lowest BCUT2D eigenvalue weighted by atomic mass is 10.1. The number of benzene rings is 1. The Morgan fingerprint density at radius 2 is 1.93 bits per heavy atom. The quantitative estimate of drug-likeness (QED) is 0.538. The molecule has 27 heavy (non-hydrogen) atoms. The first-order chi connectivity index (χ1) is 13.0. The highest BCUT2D eigenvalue weighted by Gasteiger charge is 2.18. The standard InChI is InChI=1S/C19H21N7S/c1-13-4-6-16(7-5-13)11-24-12-17(10-20-24)26-18(21-22-19(26)27)15(3)25-9-8-14(2)23-25/h4-10,12,15H,11H2,1-3H3,(H,22,27)/t15-/m0/s1. The molecule has 0 aliphatic rings. The molecule has 1 atom stereocenters. The molecule has 1 aromatic carbocycles. The topological polar surface area (TPSA) is 69.2 Å². The van der Waals surface area contributed by atoms with Crippen LogP contribution in [0.25, 0.3) is 5.69 Å². The van der Waals surface area contributed by atoms with Crippen molar-refractivity contribution in [3.05, 3.63) is 76.3 Å². The fourth-order valence-electron chi connectivity index (χ4n) is 3.04. The molecule has 0 aliphatic carbocycles. The summed E-state index contributed by atoms with van der Waals surface area (Å²) in [5.41, 5.74) is 4.30. The average Bonchev–Trinajstić information content (AvgIpc) is 3.36. The summed E-state index contributed by atoms with van der Waals surface area (Å²) >= 11 is 5.46. The van der Waals surface area contributed by atoms with Crippen molar-refractivity contribution in [1.82, 2.24) is 34.3 Å². The molecule has 0 saturated heterocycles. The van der Waals surface area contributed by atoms with E-state index in [2.05, 4.69) is 51.6 Å². The predicted octanol–water partition coefficient (Wildman–Crippen LogP) is 3.60. The second-order valence-corrected chi connectivity index (χ2v) is 7.10. The van der Waals surface area contributed by atoms with Gasteiger partial charge < -0.3 is 0 Å². The molecule has 8 heteroatoms. The Balaban J connectivity index is 1.64. The third kappa shape index (κ3) is 3.48. The van der Waals surface area contributed by atoms with Crippen molar-refractivity contribution in [3.8, 4) is 5.69 Å². The van der Waals surface area contributed by atoms with Crippen molar-refractivity contribution in [2.45, 2.75) is 33.4 Å². The van der Waals surface area contributed by atoms with Crippen molar-refractivity contribution >= 4 is 12.2 Å². The van der Waals surface area contributed by atoms with Crippen LogP contribution in [0.2, 0.25) is 0 Å². The van der Waals surface area contributed by atoms with E-state index in [0.29, 0.717) is 11.3 Å². The zero-order valence-corrected chi connectivity index (χ0v) is 16.3. The number of aromatic amines is 1. The number of nitrogens with zero attached hydrogens (tertiary/aromatic N) is 6. The van der Waals surface area contributed by atoms with Crippen molar-refractivity contribution in [2.24, 2.45) is 0 Å². The van der Waals surface area contributed by atoms with Gasteiger partial charge in [-0.25, -0.2) is 0 Å². The number of hydrogen-bond donors (Lipinski definition) is 1. The highest BCUT2D eigenvalue weighted by atomic mass is 32.1. The van der Waals surface area contributed by atoms with Crippen LogP contribution in [0.15, 0.2) is 48.9 Å². The summed E-state index contributed by atoms with van der Waals surface area (Å²) in [6, 6.07) is 10.4. The van der Waals surface area contributed by atoms with Crippen molar-refractivity contribution in [1.29, 1.82) is 0 Å². The maximum absolute atomic E-state index is 5.46. The van der Waals surface area contributed by atoms with Crippen LogP contribution in [-0.4, -0.2) is 34.3 Å². The minimum atomic E-state index is -0.0629. The smallest absolute Gasteiger partial charge is 0.200 e. The number of H-pyrrole nitrogens is 1. The summed E-state index contributed by atoms with van der Waals surface area (Å²) in [6.45, 7) is 6.80. The summed E-state index contributed by atoms with van der Waals surface area (Å²) in [6.07, 6.45) is 5.74. The molecule has 4 rings (SSSR count). The number of nitrogens with one attached hydrogen (secondary N) is 1. The average molecular weight is 379 g/mol. The summed E-state index contributed by atoms with van der Waals surface area (Å²) in [5, 5.41) is 16.3. The third-order valence-electron chi connectivity index (χ3n) is 4.55. The molecule has 3 heterocycles. The highest BCUT2D eigenvalue weighted by Crippen LogP contribution is 2.20. The second kappa shape index (κ2) is 6.96. The highest BCUT2D eigenvalue weighted by molar-refractivity contribution is 7.71. The van der Waals surface area contributed by atoms with Crippen molar-refractivity contribution < 1.29 is 0 Å². The zero-order chi connectivity index (χ0) is 19.0. The first-order valence-corrected chi connectivity index (χ1v) is 9.19. The Labute approximate surface area is 162 Å². The minimum absolute atomic E-state index is 0.0629. The molecule has 7 nitrogen and oxygen atoms in total. The Morgan fingerprint density at radius 1 is 1.15 bits per heavy atom. The zero-order valence-electron chi connectivity index (χ0n) is 15.5. The molecule has 0 fully saturated rings. The van der Waals surface area contributed by atoms with Gasteiger partial charge in [0.05, 0.1) is 24.1 Å². The van der Waals surface area contributed by atoms with Gasteiger partial charge in [-0.1, -0.05) is 29.8 Å². The molecule has 0 radical (unpaired) electrons. The van der Waals surface area contributed by atoms with E-state index in [1.165, 1.54) is 11.1 Å². The molecule has 138 valence electrons. The minimum Gasteiger partial charge on any atom is -0.267 e. The van der Waals surface area contributed by atoms with Crippen LogP contribution in [-0.2, 0) is 6.54 Å². The Bertz CT molecular complexity index is 1110. The molecule has 0 amide bonds. The van der Waals surface area contributed by atoms with Gasteiger partial charge in [0.25, 0.3) is 0 Å². The fraction of sp³-hybridized carbons (Fsp3) is 0.263. The molecular weight excluding hydrogens is 358 g/mol. The SMILES string of the molecule is Cc1ccc(Cn2cc(-n3c([C@H](C)n4ccc(C)n4)n[nH]c3=S)cn2)cc1. The molecule has 3 aromatic heterocycles. The summed E-state index contributed by atoms with van der Waals surface area (Å²) in [5.74, 6) is 0.790. The van der Waals surface area contributed by atoms with Gasteiger partial charge in [0, 0.05) is 12.4 Å². The van der Waals surface area contributed by atoms with Crippen molar-refractivity contribution in [3.63, 3.8) is 0 Å². The number of rotatable bonds is 5. The summed E-state index contributed by atoms with van der Waals surface area (Å²) < 4.78 is 6.24. The normalized spacial score (nSPS) is 12.4. The largest absolute Gasteiger partial charge is 0.267 e. The van der Waals surface area contributed by atoms with Crippen LogP contribution in [0.3, 0.4) is 0 Å². The molecule has 0 saturated carbocycles. The second-order valence-electron chi connectivity index (χ2n) is 6.72. The predicted molar refractivity (Wildman–Crippen MR) is 106 cm³/mol. The van der Waals surface area contributed by atoms with Crippen LogP contribution < -0.4 is 0 Å². The number of aryl methyl sites for hydroxylation is 2. The third-order valence-corrected chi connectivity index (χ3v) is 4.83.